The number of hydrogen-bond acceptors (Lipinski definition) is 5. The van der Waals surface area contributed by atoms with Crippen molar-refractivity contribution >= 4 is 22.9 Å². The van der Waals surface area contributed by atoms with Gasteiger partial charge in [0.25, 0.3) is 0 Å². The van der Waals surface area contributed by atoms with E-state index in [-0.39, 0.29) is 0 Å². The predicted octanol–water partition coefficient (Wildman–Crippen LogP) is 3.37. The summed E-state index contributed by atoms with van der Waals surface area (Å²) in [5.41, 5.74) is 4.65. The molecule has 0 spiro atoms. The van der Waals surface area contributed by atoms with Crippen molar-refractivity contribution in [2.45, 2.75) is 25.4 Å². The van der Waals surface area contributed by atoms with Crippen LogP contribution >= 0.6 is 0 Å². The zero-order chi connectivity index (χ0) is 15.6. The lowest BCUT2D eigenvalue weighted by Crippen LogP contribution is -2.32. The minimum absolute atomic E-state index is 0.482. The Morgan fingerprint density at radius 2 is 2.26 bits per heavy atom. The van der Waals surface area contributed by atoms with E-state index in [9.17, 15) is 0 Å². The fraction of sp³-hybridized carbons (Fsp3) is 0.389. The standard InChI is InChI=1S/C18H22N4O/c1-23-12-15-5-3-9-22(15)14-6-7-16-17(10-14)20-11-13-4-2-8-19-18(13)21-16/h2,4,6-8,10,15,20H,3,5,9,11-12H2,1H3,(H,19,21)/t15-/m0/s1. The molecular formula is C18H22N4O. The number of aromatic nitrogens is 1. The van der Waals surface area contributed by atoms with E-state index in [1.807, 2.05) is 12.3 Å². The molecule has 1 atom stereocenters. The number of ether oxygens (including phenoxy) is 1. The van der Waals surface area contributed by atoms with Gasteiger partial charge in [0.15, 0.2) is 0 Å². The summed E-state index contributed by atoms with van der Waals surface area (Å²) in [6.07, 6.45) is 4.25. The normalized spacial score (nSPS) is 19.3. The largest absolute Gasteiger partial charge is 0.383 e. The molecular weight excluding hydrogens is 288 g/mol. The third kappa shape index (κ3) is 2.72. The average molecular weight is 310 g/mol. The molecule has 0 saturated carbocycles. The van der Waals surface area contributed by atoms with Crippen molar-refractivity contribution < 1.29 is 4.74 Å². The number of nitrogens with zero attached hydrogens (tertiary/aromatic N) is 2. The summed E-state index contributed by atoms with van der Waals surface area (Å²) >= 11 is 0. The molecule has 2 aliphatic heterocycles. The maximum absolute atomic E-state index is 5.37. The van der Waals surface area contributed by atoms with Gasteiger partial charge >= 0.3 is 0 Å². The topological polar surface area (TPSA) is 49.4 Å². The maximum atomic E-state index is 5.37. The maximum Gasteiger partial charge on any atom is 0.135 e. The van der Waals surface area contributed by atoms with Crippen LogP contribution in [0.2, 0.25) is 0 Å². The van der Waals surface area contributed by atoms with Crippen LogP contribution in [0.3, 0.4) is 0 Å². The number of pyridine rings is 1. The Labute approximate surface area is 136 Å². The Balaban J connectivity index is 1.62. The minimum Gasteiger partial charge on any atom is -0.383 e. The molecule has 0 aliphatic carbocycles. The van der Waals surface area contributed by atoms with Crippen molar-refractivity contribution in [1.82, 2.24) is 4.98 Å². The highest BCUT2D eigenvalue weighted by molar-refractivity contribution is 5.80. The molecule has 3 heterocycles. The van der Waals surface area contributed by atoms with Gasteiger partial charge in [0.05, 0.1) is 24.0 Å². The van der Waals surface area contributed by atoms with Crippen LogP contribution < -0.4 is 15.5 Å². The van der Waals surface area contributed by atoms with Crippen molar-refractivity contribution in [3.8, 4) is 0 Å². The van der Waals surface area contributed by atoms with Gasteiger partial charge in [-0.2, -0.15) is 0 Å². The smallest absolute Gasteiger partial charge is 0.135 e. The Bertz CT molecular complexity index is 703. The molecule has 2 aliphatic rings. The summed E-state index contributed by atoms with van der Waals surface area (Å²) in [4.78, 5) is 6.90. The molecule has 2 aromatic rings. The molecule has 0 unspecified atom stereocenters. The number of benzene rings is 1. The van der Waals surface area contributed by atoms with E-state index in [4.69, 9.17) is 4.74 Å². The van der Waals surface area contributed by atoms with Gasteiger partial charge in [-0.15, -0.1) is 0 Å². The van der Waals surface area contributed by atoms with Crippen molar-refractivity contribution in [2.24, 2.45) is 0 Å². The van der Waals surface area contributed by atoms with Crippen LogP contribution in [-0.2, 0) is 11.3 Å². The molecule has 23 heavy (non-hydrogen) atoms. The number of nitrogens with one attached hydrogen (secondary N) is 2. The summed E-state index contributed by atoms with van der Waals surface area (Å²) in [5.74, 6) is 0.935. The van der Waals surface area contributed by atoms with Gasteiger partial charge < -0.3 is 20.3 Å². The molecule has 0 amide bonds. The van der Waals surface area contributed by atoms with Gasteiger partial charge in [-0.1, -0.05) is 6.07 Å². The molecule has 5 nitrogen and oxygen atoms in total. The molecule has 5 heteroatoms. The molecule has 120 valence electrons. The summed E-state index contributed by atoms with van der Waals surface area (Å²) in [7, 11) is 1.78. The molecule has 2 N–H and O–H groups in total. The fourth-order valence-corrected chi connectivity index (χ4v) is 3.52. The first kappa shape index (κ1) is 14.3. The van der Waals surface area contributed by atoms with Gasteiger partial charge in [0.1, 0.15) is 5.82 Å². The lowest BCUT2D eigenvalue weighted by Gasteiger charge is -2.27. The van der Waals surface area contributed by atoms with Crippen molar-refractivity contribution in [1.29, 1.82) is 0 Å². The van der Waals surface area contributed by atoms with Crippen LogP contribution in [0.1, 0.15) is 18.4 Å². The first-order valence-electron chi connectivity index (χ1n) is 8.19. The van der Waals surface area contributed by atoms with Crippen LogP contribution in [0.4, 0.5) is 22.9 Å². The van der Waals surface area contributed by atoms with Crippen LogP contribution in [-0.4, -0.2) is 31.3 Å². The van der Waals surface area contributed by atoms with Crippen LogP contribution in [0, 0.1) is 0 Å². The lowest BCUT2D eigenvalue weighted by molar-refractivity contribution is 0.181. The van der Waals surface area contributed by atoms with Gasteiger partial charge in [-0.05, 0) is 37.1 Å². The molecule has 1 aromatic carbocycles. The van der Waals surface area contributed by atoms with Crippen LogP contribution in [0.25, 0.3) is 0 Å². The SMILES string of the molecule is COC[C@@H]1CCCN1c1ccc2c(c1)NCc1cccnc1N2. The average Bonchev–Trinajstić information content (AvgIpc) is 2.95. The Morgan fingerprint density at radius 1 is 1.30 bits per heavy atom. The molecule has 0 radical (unpaired) electrons. The second kappa shape index (κ2) is 6.08. The Kier molecular flexibility index (Phi) is 3.79. The molecule has 1 aromatic heterocycles. The number of rotatable bonds is 3. The number of methoxy groups -OCH3 is 1. The number of anilines is 4. The second-order valence-electron chi connectivity index (χ2n) is 6.16. The van der Waals surface area contributed by atoms with Gasteiger partial charge in [-0.25, -0.2) is 4.98 Å². The van der Waals surface area contributed by atoms with E-state index in [1.54, 1.807) is 7.11 Å². The molecule has 0 bridgehead atoms. The van der Waals surface area contributed by atoms with E-state index in [0.29, 0.717) is 6.04 Å². The zero-order valence-electron chi connectivity index (χ0n) is 13.4. The zero-order valence-corrected chi connectivity index (χ0v) is 13.4. The van der Waals surface area contributed by atoms with Crippen molar-refractivity contribution in [2.75, 3.05) is 35.8 Å². The molecule has 1 saturated heterocycles. The summed E-state index contributed by atoms with van der Waals surface area (Å²) in [6, 6.07) is 11.1. The molecule has 4 rings (SSSR count). The fourth-order valence-electron chi connectivity index (χ4n) is 3.52. The first-order valence-corrected chi connectivity index (χ1v) is 8.19. The summed E-state index contributed by atoms with van der Waals surface area (Å²) in [5, 5.41) is 6.97. The predicted molar refractivity (Wildman–Crippen MR) is 93.5 cm³/mol. The highest BCUT2D eigenvalue weighted by Crippen LogP contribution is 2.35. The third-order valence-electron chi connectivity index (χ3n) is 4.68. The van der Waals surface area contributed by atoms with E-state index in [0.717, 1.165) is 36.9 Å². The third-order valence-corrected chi connectivity index (χ3v) is 4.68. The highest BCUT2D eigenvalue weighted by Gasteiger charge is 2.25. The van der Waals surface area contributed by atoms with Crippen LogP contribution in [0.15, 0.2) is 36.5 Å². The van der Waals surface area contributed by atoms with Crippen molar-refractivity contribution in [3.63, 3.8) is 0 Å². The second-order valence-corrected chi connectivity index (χ2v) is 6.16. The van der Waals surface area contributed by atoms with Gasteiger partial charge in [0.2, 0.25) is 0 Å². The van der Waals surface area contributed by atoms with Crippen LogP contribution in [0.5, 0.6) is 0 Å². The number of fused-ring (bicyclic) bond motifs is 2. The monoisotopic (exact) mass is 310 g/mol. The van der Waals surface area contributed by atoms with Gasteiger partial charge in [-0.3, -0.25) is 0 Å². The summed E-state index contributed by atoms with van der Waals surface area (Å²) < 4.78 is 5.37. The van der Waals surface area contributed by atoms with E-state index in [1.165, 1.54) is 24.1 Å². The lowest BCUT2D eigenvalue weighted by atomic mass is 10.2. The van der Waals surface area contributed by atoms with E-state index >= 15 is 0 Å². The van der Waals surface area contributed by atoms with Gasteiger partial charge in [0, 0.05) is 37.6 Å². The molecule has 1 fully saturated rings. The Hall–Kier alpha value is -2.27. The number of hydrogen-bond donors (Lipinski definition) is 2. The van der Waals surface area contributed by atoms with E-state index in [2.05, 4.69) is 44.8 Å². The van der Waals surface area contributed by atoms with E-state index < -0.39 is 0 Å². The summed E-state index contributed by atoms with van der Waals surface area (Å²) in [6.45, 7) is 2.67. The Morgan fingerprint density at radius 3 is 3.17 bits per heavy atom. The highest BCUT2D eigenvalue weighted by atomic mass is 16.5. The quantitative estimate of drug-likeness (QED) is 0.910. The van der Waals surface area contributed by atoms with Crippen molar-refractivity contribution in [3.05, 3.63) is 42.1 Å². The first-order chi connectivity index (χ1) is 11.3. The minimum atomic E-state index is 0.482.